The molecule has 35 heavy (non-hydrogen) atoms. The van der Waals surface area contributed by atoms with Crippen LogP contribution in [-0.2, 0) is 25.6 Å². The first-order valence-electron chi connectivity index (χ1n) is 11.2. The summed E-state index contributed by atoms with van der Waals surface area (Å²) in [4.78, 5) is 31.7. The zero-order valence-electron chi connectivity index (χ0n) is 20.2. The number of aryl methyl sites for hydroxylation is 1. The van der Waals surface area contributed by atoms with Crippen LogP contribution >= 0.6 is 0 Å². The summed E-state index contributed by atoms with van der Waals surface area (Å²) in [6, 6.07) is 18.3. The van der Waals surface area contributed by atoms with Crippen molar-refractivity contribution in [1.29, 1.82) is 0 Å². The minimum absolute atomic E-state index is 0.113. The molecule has 180 valence electrons. The number of nitrogens with two attached hydrogens (primary N) is 1. The second kappa shape index (κ2) is 9.63. The Morgan fingerprint density at radius 3 is 2.57 bits per heavy atom. The number of pyridine rings is 2. The molecule has 1 aromatic carbocycles. The van der Waals surface area contributed by atoms with Crippen molar-refractivity contribution in [3.63, 3.8) is 0 Å². The lowest BCUT2D eigenvalue weighted by Crippen LogP contribution is -2.35. The monoisotopic (exact) mass is 472 g/mol. The smallest absolute Gasteiger partial charge is 0.264 e. The summed E-state index contributed by atoms with van der Waals surface area (Å²) < 4.78 is 7.27. The molecule has 3 heterocycles. The van der Waals surface area contributed by atoms with Crippen LogP contribution < -0.4 is 11.3 Å². The van der Waals surface area contributed by atoms with Gasteiger partial charge in [0.05, 0.1) is 17.8 Å². The van der Waals surface area contributed by atoms with E-state index in [9.17, 15) is 9.59 Å². The van der Waals surface area contributed by atoms with Gasteiger partial charge in [0.25, 0.3) is 17.4 Å². The number of rotatable bonds is 7. The SMILES string of the molecule is Cc1cccc(CN(C)C(=O)c2cc(-c3nnc([C@@](C)(N)Cc4ccccc4)o3)n(C)c(=O)c2)n1. The van der Waals surface area contributed by atoms with Crippen LogP contribution in [0.4, 0.5) is 0 Å². The summed E-state index contributed by atoms with van der Waals surface area (Å²) in [6.45, 7) is 4.01. The second-order valence-electron chi connectivity index (χ2n) is 8.95. The molecule has 4 rings (SSSR count). The van der Waals surface area contributed by atoms with Crippen molar-refractivity contribution in [2.75, 3.05) is 7.05 Å². The van der Waals surface area contributed by atoms with Crippen molar-refractivity contribution in [2.24, 2.45) is 12.8 Å². The minimum atomic E-state index is -0.917. The summed E-state index contributed by atoms with van der Waals surface area (Å²) in [7, 11) is 3.25. The quantitative estimate of drug-likeness (QED) is 0.439. The van der Waals surface area contributed by atoms with E-state index >= 15 is 0 Å². The molecule has 0 fully saturated rings. The van der Waals surface area contributed by atoms with Gasteiger partial charge in [-0.3, -0.25) is 14.6 Å². The fraction of sp³-hybridized carbons (Fsp3) is 0.269. The van der Waals surface area contributed by atoms with E-state index in [1.54, 1.807) is 20.2 Å². The summed E-state index contributed by atoms with van der Waals surface area (Å²) in [6.07, 6.45) is 0.491. The van der Waals surface area contributed by atoms with Gasteiger partial charge in [-0.2, -0.15) is 0 Å². The van der Waals surface area contributed by atoms with Crippen molar-refractivity contribution in [3.05, 3.63) is 99.4 Å². The number of carbonyl (C=O) groups is 1. The molecule has 2 N–H and O–H groups in total. The average Bonchev–Trinajstić information content (AvgIpc) is 3.32. The van der Waals surface area contributed by atoms with Gasteiger partial charge < -0.3 is 19.6 Å². The Labute approximate surface area is 203 Å². The Hall–Kier alpha value is -4.11. The molecule has 0 saturated heterocycles. The molecule has 0 unspecified atom stereocenters. The van der Waals surface area contributed by atoms with Crippen LogP contribution in [0.15, 0.2) is 69.9 Å². The predicted octanol–water partition coefficient (Wildman–Crippen LogP) is 2.83. The van der Waals surface area contributed by atoms with Gasteiger partial charge in [-0.25, -0.2) is 0 Å². The summed E-state index contributed by atoms with van der Waals surface area (Å²) >= 11 is 0. The Bertz CT molecular complexity index is 1410. The summed E-state index contributed by atoms with van der Waals surface area (Å²) in [5.74, 6) is 0.0323. The van der Waals surface area contributed by atoms with Crippen LogP contribution in [0.25, 0.3) is 11.6 Å². The first kappa shape index (κ1) is 24.0. The van der Waals surface area contributed by atoms with Gasteiger partial charge in [-0.05, 0) is 44.0 Å². The molecule has 9 nitrogen and oxygen atoms in total. The van der Waals surface area contributed by atoms with E-state index in [-0.39, 0.29) is 28.8 Å². The van der Waals surface area contributed by atoms with E-state index in [1.165, 1.54) is 15.5 Å². The Morgan fingerprint density at radius 1 is 1.11 bits per heavy atom. The van der Waals surface area contributed by atoms with Gasteiger partial charge in [0.2, 0.25) is 5.89 Å². The summed E-state index contributed by atoms with van der Waals surface area (Å²) in [5.41, 5.74) is 8.42. The minimum Gasteiger partial charge on any atom is -0.417 e. The molecule has 9 heteroatoms. The fourth-order valence-electron chi connectivity index (χ4n) is 3.84. The van der Waals surface area contributed by atoms with Gasteiger partial charge in [-0.15, -0.1) is 10.2 Å². The van der Waals surface area contributed by atoms with E-state index in [0.717, 1.165) is 17.0 Å². The fourth-order valence-corrected chi connectivity index (χ4v) is 3.84. The number of amides is 1. The van der Waals surface area contributed by atoms with Gasteiger partial charge in [0.1, 0.15) is 5.69 Å². The van der Waals surface area contributed by atoms with Crippen LogP contribution in [0.5, 0.6) is 0 Å². The molecule has 0 aliphatic heterocycles. The van der Waals surface area contributed by atoms with Gasteiger partial charge in [-0.1, -0.05) is 36.4 Å². The van der Waals surface area contributed by atoms with Crippen molar-refractivity contribution >= 4 is 5.91 Å². The zero-order valence-corrected chi connectivity index (χ0v) is 20.2. The number of hydrogen-bond donors (Lipinski definition) is 1. The number of benzene rings is 1. The molecular formula is C26H28N6O3. The lowest BCUT2D eigenvalue weighted by atomic mass is 9.94. The molecule has 0 aliphatic carbocycles. The third-order valence-electron chi connectivity index (χ3n) is 5.75. The number of nitrogens with zero attached hydrogens (tertiary/aromatic N) is 5. The van der Waals surface area contributed by atoms with E-state index in [4.69, 9.17) is 10.2 Å². The lowest BCUT2D eigenvalue weighted by Gasteiger charge is -2.20. The highest BCUT2D eigenvalue weighted by molar-refractivity contribution is 5.94. The molecule has 1 atom stereocenters. The Balaban J connectivity index is 1.60. The lowest BCUT2D eigenvalue weighted by molar-refractivity contribution is 0.0783. The van der Waals surface area contributed by atoms with Crippen molar-refractivity contribution < 1.29 is 9.21 Å². The second-order valence-corrected chi connectivity index (χ2v) is 8.95. The van der Waals surface area contributed by atoms with Gasteiger partial charge >= 0.3 is 0 Å². The molecule has 0 aliphatic rings. The third kappa shape index (κ3) is 5.36. The van der Waals surface area contributed by atoms with Gasteiger partial charge in [0.15, 0.2) is 0 Å². The maximum Gasteiger partial charge on any atom is 0.264 e. The Morgan fingerprint density at radius 2 is 1.86 bits per heavy atom. The van der Waals surface area contributed by atoms with E-state index in [2.05, 4.69) is 15.2 Å². The van der Waals surface area contributed by atoms with Crippen molar-refractivity contribution in [3.8, 4) is 11.6 Å². The molecular weight excluding hydrogens is 444 g/mol. The average molecular weight is 473 g/mol. The van der Waals surface area contributed by atoms with E-state index < -0.39 is 5.54 Å². The van der Waals surface area contributed by atoms with Gasteiger partial charge in [0, 0.05) is 31.4 Å². The first-order valence-corrected chi connectivity index (χ1v) is 11.2. The van der Waals surface area contributed by atoms with Crippen molar-refractivity contribution in [2.45, 2.75) is 32.4 Å². The zero-order chi connectivity index (χ0) is 25.2. The largest absolute Gasteiger partial charge is 0.417 e. The predicted molar refractivity (Wildman–Crippen MR) is 131 cm³/mol. The topological polar surface area (TPSA) is 120 Å². The van der Waals surface area contributed by atoms with E-state index in [1.807, 2.05) is 62.4 Å². The molecule has 0 saturated carbocycles. The molecule has 0 radical (unpaired) electrons. The first-order chi connectivity index (χ1) is 16.6. The summed E-state index contributed by atoms with van der Waals surface area (Å²) in [5, 5.41) is 8.27. The third-order valence-corrected chi connectivity index (χ3v) is 5.75. The van der Waals surface area contributed by atoms with Crippen LogP contribution in [0.2, 0.25) is 0 Å². The van der Waals surface area contributed by atoms with Crippen LogP contribution in [0.3, 0.4) is 0 Å². The maximum atomic E-state index is 13.1. The maximum absolute atomic E-state index is 13.1. The number of carbonyl (C=O) groups excluding carboxylic acids is 1. The standard InChI is InChI=1S/C26H28N6O3/c1-17-9-8-12-20(28-17)16-31(3)24(34)19-13-21(32(4)22(33)14-19)23-29-30-25(35-23)26(2,27)15-18-10-6-5-7-11-18/h5-14H,15-16,27H2,1-4H3/t26-/m0/s1. The molecule has 4 aromatic rings. The molecule has 0 bridgehead atoms. The number of aromatic nitrogens is 4. The highest BCUT2D eigenvalue weighted by atomic mass is 16.4. The molecule has 3 aromatic heterocycles. The van der Waals surface area contributed by atoms with Crippen LogP contribution in [0.1, 0.15) is 40.1 Å². The van der Waals surface area contributed by atoms with Crippen molar-refractivity contribution in [1.82, 2.24) is 24.6 Å². The highest BCUT2D eigenvalue weighted by Crippen LogP contribution is 2.25. The van der Waals surface area contributed by atoms with Crippen LogP contribution in [-0.4, -0.2) is 37.6 Å². The number of hydrogen-bond acceptors (Lipinski definition) is 7. The highest BCUT2D eigenvalue weighted by Gasteiger charge is 2.29. The van der Waals surface area contributed by atoms with E-state index in [0.29, 0.717) is 18.7 Å². The Kier molecular flexibility index (Phi) is 6.61. The molecule has 0 spiro atoms. The normalized spacial score (nSPS) is 12.8. The van der Waals surface area contributed by atoms with Crippen LogP contribution in [0, 0.1) is 6.92 Å². The molecule has 1 amide bonds.